The highest BCUT2D eigenvalue weighted by atomic mass is 16.1. The lowest BCUT2D eigenvalue weighted by Crippen LogP contribution is -2.31. The zero-order valence-electron chi connectivity index (χ0n) is 16.6. The molecule has 1 unspecified atom stereocenters. The van der Waals surface area contributed by atoms with Gasteiger partial charge in [-0.1, -0.05) is 53.7 Å². The molecule has 140 valence electrons. The van der Waals surface area contributed by atoms with Crippen molar-refractivity contribution in [2.45, 2.75) is 48.0 Å². The van der Waals surface area contributed by atoms with E-state index in [9.17, 15) is 9.59 Å². The Balaban J connectivity index is 2.35. The lowest BCUT2D eigenvalue weighted by Gasteiger charge is -2.36. The van der Waals surface area contributed by atoms with Gasteiger partial charge in [0.25, 0.3) is 0 Å². The van der Waals surface area contributed by atoms with E-state index in [0.29, 0.717) is 17.9 Å². The lowest BCUT2D eigenvalue weighted by atomic mass is 9.68. The van der Waals surface area contributed by atoms with Gasteiger partial charge in [-0.3, -0.25) is 9.59 Å². The van der Waals surface area contributed by atoms with Gasteiger partial charge in [-0.15, -0.1) is 0 Å². The van der Waals surface area contributed by atoms with E-state index in [0.717, 1.165) is 16.8 Å². The zero-order chi connectivity index (χ0) is 19.7. The van der Waals surface area contributed by atoms with E-state index in [4.69, 9.17) is 5.73 Å². The zero-order valence-corrected chi connectivity index (χ0v) is 16.6. The Hall–Kier alpha value is -2.36. The van der Waals surface area contributed by atoms with Crippen LogP contribution in [0.5, 0.6) is 0 Å². The number of allylic oxidation sites excluding steroid dienone is 3. The minimum atomic E-state index is -0.471. The van der Waals surface area contributed by atoms with Gasteiger partial charge in [0.15, 0.2) is 5.78 Å². The predicted molar refractivity (Wildman–Crippen MR) is 107 cm³/mol. The molecule has 0 saturated carbocycles. The van der Waals surface area contributed by atoms with Crippen LogP contribution in [0.1, 0.15) is 58.3 Å². The number of benzene rings is 1. The van der Waals surface area contributed by atoms with Crippen LogP contribution in [-0.4, -0.2) is 11.7 Å². The second-order valence-electron chi connectivity index (χ2n) is 9.10. The molecular weight excluding hydrogens is 324 g/mol. The van der Waals surface area contributed by atoms with E-state index in [1.165, 1.54) is 0 Å². The van der Waals surface area contributed by atoms with Crippen molar-refractivity contribution in [1.29, 1.82) is 0 Å². The second kappa shape index (κ2) is 7.10. The molecule has 1 amide bonds. The molecule has 4 heteroatoms. The Bertz CT molecular complexity index is 774. The molecule has 0 aliphatic heterocycles. The third-order valence-electron chi connectivity index (χ3n) is 4.82. The van der Waals surface area contributed by atoms with Gasteiger partial charge in [-0.2, -0.15) is 0 Å². The van der Waals surface area contributed by atoms with Gasteiger partial charge in [0, 0.05) is 28.6 Å². The highest BCUT2D eigenvalue weighted by molar-refractivity contribution is 6.10. The number of carbonyl (C=O) groups excluding carboxylic acids is 2. The van der Waals surface area contributed by atoms with Crippen LogP contribution in [0.4, 0.5) is 5.69 Å². The van der Waals surface area contributed by atoms with Gasteiger partial charge in [0.2, 0.25) is 5.91 Å². The van der Waals surface area contributed by atoms with Crippen LogP contribution in [0.15, 0.2) is 47.7 Å². The Kier molecular flexibility index (Phi) is 5.45. The van der Waals surface area contributed by atoms with E-state index in [1.54, 1.807) is 24.4 Å². The molecule has 1 aliphatic carbocycles. The van der Waals surface area contributed by atoms with Crippen LogP contribution < -0.4 is 11.1 Å². The number of primary amides is 1. The third-order valence-corrected chi connectivity index (χ3v) is 4.82. The van der Waals surface area contributed by atoms with Crippen molar-refractivity contribution in [3.8, 4) is 0 Å². The van der Waals surface area contributed by atoms with Crippen molar-refractivity contribution < 1.29 is 9.59 Å². The van der Waals surface area contributed by atoms with Crippen LogP contribution in [0.25, 0.3) is 0 Å². The van der Waals surface area contributed by atoms with E-state index in [2.05, 4.69) is 52.9 Å². The topological polar surface area (TPSA) is 72.2 Å². The highest BCUT2D eigenvalue weighted by Crippen LogP contribution is 2.41. The first-order valence-electron chi connectivity index (χ1n) is 9.02. The molecule has 2 rings (SSSR count). The molecule has 1 aromatic rings. The first-order valence-corrected chi connectivity index (χ1v) is 9.02. The maximum absolute atomic E-state index is 13.0. The molecule has 0 saturated heterocycles. The molecular formula is C22H30N2O2. The first-order chi connectivity index (χ1) is 11.9. The van der Waals surface area contributed by atoms with Crippen molar-refractivity contribution in [2.75, 3.05) is 5.32 Å². The summed E-state index contributed by atoms with van der Waals surface area (Å²) in [5, 5.41) is 3.17. The van der Waals surface area contributed by atoms with Crippen molar-refractivity contribution >= 4 is 17.4 Å². The molecule has 0 aromatic heterocycles. The largest absolute Gasteiger partial charge is 0.366 e. The van der Waals surface area contributed by atoms with Crippen molar-refractivity contribution in [3.05, 3.63) is 53.3 Å². The number of anilines is 1. The molecule has 0 bridgehead atoms. The van der Waals surface area contributed by atoms with Gasteiger partial charge in [-0.25, -0.2) is 0 Å². The SMILES string of the molecule is CC(C)(C)C1=CC(C(C)(C)C)C/C(=C/Nc2cccc(C(N)=O)c2)C1=O. The Morgan fingerprint density at radius 2 is 1.85 bits per heavy atom. The van der Waals surface area contributed by atoms with Crippen LogP contribution in [0.3, 0.4) is 0 Å². The van der Waals surface area contributed by atoms with Crippen LogP contribution in [0.2, 0.25) is 0 Å². The van der Waals surface area contributed by atoms with Gasteiger partial charge in [0.1, 0.15) is 0 Å². The maximum atomic E-state index is 13.0. The predicted octanol–water partition coefficient (Wildman–Crippen LogP) is 4.69. The summed E-state index contributed by atoms with van der Waals surface area (Å²) in [4.78, 5) is 24.3. The Morgan fingerprint density at radius 1 is 1.19 bits per heavy atom. The standard InChI is InChI=1S/C22H30N2O2/c1-21(2,3)16-10-15(19(25)18(12-16)22(4,5)6)13-24-17-9-7-8-14(11-17)20(23)26/h7-9,11-13,16,24H,10H2,1-6H3,(H2,23,26)/b15-13-. The maximum Gasteiger partial charge on any atom is 0.248 e. The summed E-state index contributed by atoms with van der Waals surface area (Å²) >= 11 is 0. The van der Waals surface area contributed by atoms with E-state index in [-0.39, 0.29) is 16.6 Å². The average molecular weight is 354 g/mol. The van der Waals surface area contributed by atoms with Gasteiger partial charge < -0.3 is 11.1 Å². The van der Waals surface area contributed by atoms with Crippen molar-refractivity contribution in [2.24, 2.45) is 22.5 Å². The minimum Gasteiger partial charge on any atom is -0.366 e. The number of rotatable bonds is 3. The van der Waals surface area contributed by atoms with E-state index >= 15 is 0 Å². The number of hydrogen-bond donors (Lipinski definition) is 2. The quantitative estimate of drug-likeness (QED) is 0.774. The highest BCUT2D eigenvalue weighted by Gasteiger charge is 2.36. The fourth-order valence-electron chi connectivity index (χ4n) is 3.04. The molecule has 4 nitrogen and oxygen atoms in total. The fraction of sp³-hybridized carbons (Fsp3) is 0.455. The molecule has 1 atom stereocenters. The summed E-state index contributed by atoms with van der Waals surface area (Å²) in [7, 11) is 0. The second-order valence-corrected chi connectivity index (χ2v) is 9.10. The number of carbonyl (C=O) groups is 2. The molecule has 26 heavy (non-hydrogen) atoms. The normalized spacial score (nSPS) is 20.1. The number of nitrogens with one attached hydrogen (secondary N) is 1. The van der Waals surface area contributed by atoms with Crippen LogP contribution in [-0.2, 0) is 4.79 Å². The van der Waals surface area contributed by atoms with Gasteiger partial charge in [0.05, 0.1) is 0 Å². The molecule has 0 radical (unpaired) electrons. The summed E-state index contributed by atoms with van der Waals surface area (Å²) in [6.07, 6.45) is 4.64. The third kappa shape index (κ3) is 4.63. The summed E-state index contributed by atoms with van der Waals surface area (Å²) in [6, 6.07) is 6.97. The van der Waals surface area contributed by atoms with Crippen LogP contribution in [0, 0.1) is 16.7 Å². The number of hydrogen-bond acceptors (Lipinski definition) is 3. The lowest BCUT2D eigenvalue weighted by molar-refractivity contribution is -0.113. The molecule has 1 aromatic carbocycles. The monoisotopic (exact) mass is 354 g/mol. The van der Waals surface area contributed by atoms with Gasteiger partial charge >= 0.3 is 0 Å². The number of Topliss-reactive ketones (excluding diaryl/α,β-unsaturated/α-hetero) is 1. The van der Waals surface area contributed by atoms with Crippen molar-refractivity contribution in [1.82, 2.24) is 0 Å². The van der Waals surface area contributed by atoms with Crippen molar-refractivity contribution in [3.63, 3.8) is 0 Å². The molecule has 0 heterocycles. The van der Waals surface area contributed by atoms with Crippen LogP contribution >= 0.6 is 0 Å². The first kappa shape index (κ1) is 20.0. The molecule has 0 fully saturated rings. The molecule has 1 aliphatic rings. The number of ketones is 1. The summed E-state index contributed by atoms with van der Waals surface area (Å²) in [5.74, 6) is -0.0863. The summed E-state index contributed by atoms with van der Waals surface area (Å²) in [5.41, 5.74) is 8.00. The number of amides is 1. The molecule has 3 N–H and O–H groups in total. The fourth-order valence-corrected chi connectivity index (χ4v) is 3.04. The Labute approximate surface area is 156 Å². The summed E-state index contributed by atoms with van der Waals surface area (Å²) < 4.78 is 0. The molecule has 0 spiro atoms. The van der Waals surface area contributed by atoms with Gasteiger partial charge in [-0.05, 0) is 41.4 Å². The summed E-state index contributed by atoms with van der Waals surface area (Å²) in [6.45, 7) is 12.8. The van der Waals surface area contributed by atoms with E-state index in [1.807, 2.05) is 6.07 Å². The smallest absolute Gasteiger partial charge is 0.248 e. The average Bonchev–Trinajstić information content (AvgIpc) is 2.51. The minimum absolute atomic E-state index is 0.0716. The van der Waals surface area contributed by atoms with E-state index < -0.39 is 5.91 Å². The Morgan fingerprint density at radius 3 is 2.38 bits per heavy atom. The number of nitrogens with two attached hydrogens (primary N) is 1.